The molecule has 3 aliphatic rings. The van der Waals surface area contributed by atoms with Crippen molar-refractivity contribution in [1.82, 2.24) is 19.0 Å². The maximum atomic E-state index is 13.7. The number of methoxy groups -OCH3 is 1. The van der Waals surface area contributed by atoms with Crippen molar-refractivity contribution in [3.05, 3.63) is 89.5 Å². The Bertz CT molecular complexity index is 1920. The van der Waals surface area contributed by atoms with Gasteiger partial charge in [0.05, 0.1) is 18.3 Å². The van der Waals surface area contributed by atoms with Crippen LogP contribution in [0.15, 0.2) is 72.8 Å². The third kappa shape index (κ3) is 4.61. The van der Waals surface area contributed by atoms with Gasteiger partial charge in [0.15, 0.2) is 5.82 Å². The van der Waals surface area contributed by atoms with Crippen LogP contribution in [0.2, 0.25) is 0 Å². The summed E-state index contributed by atoms with van der Waals surface area (Å²) in [5.41, 5.74) is 13.5. The first kappa shape index (κ1) is 27.2. The van der Waals surface area contributed by atoms with Gasteiger partial charge in [0.25, 0.3) is 5.91 Å². The number of fused-ring (bicyclic) bond motifs is 4. The van der Waals surface area contributed by atoms with E-state index in [4.69, 9.17) is 15.5 Å². The number of rotatable bonds is 8. The van der Waals surface area contributed by atoms with E-state index in [1.807, 2.05) is 24.1 Å². The summed E-state index contributed by atoms with van der Waals surface area (Å²) in [6, 6.07) is 23.6. The van der Waals surface area contributed by atoms with Gasteiger partial charge in [-0.2, -0.15) is 0 Å². The fourth-order valence-corrected chi connectivity index (χ4v) is 7.53. The highest BCUT2D eigenvalue weighted by Crippen LogP contribution is 2.40. The lowest BCUT2D eigenvalue weighted by atomic mass is 10.1. The van der Waals surface area contributed by atoms with Gasteiger partial charge in [-0.15, -0.1) is 0 Å². The molecule has 5 aromatic rings. The number of piperidine rings is 1. The van der Waals surface area contributed by atoms with Gasteiger partial charge < -0.3 is 24.5 Å². The molecule has 3 heterocycles. The molecule has 7 heteroatoms. The number of benzene rings is 3. The average molecular weight is 586 g/mol. The van der Waals surface area contributed by atoms with E-state index in [2.05, 4.69) is 75.9 Å². The van der Waals surface area contributed by atoms with E-state index in [0.717, 1.165) is 54.9 Å². The van der Waals surface area contributed by atoms with Gasteiger partial charge in [-0.25, -0.2) is 4.98 Å². The van der Waals surface area contributed by atoms with Crippen LogP contribution in [0.25, 0.3) is 39.5 Å². The lowest BCUT2D eigenvalue weighted by Gasteiger charge is -2.27. The number of nitrogens with two attached hydrogens (primary N) is 1. The highest BCUT2D eigenvalue weighted by Gasteiger charge is 2.47. The minimum absolute atomic E-state index is 0.0238. The molecule has 0 radical (unpaired) electrons. The van der Waals surface area contributed by atoms with Crippen molar-refractivity contribution in [3.8, 4) is 17.3 Å². The Kier molecular flexibility index (Phi) is 6.60. The van der Waals surface area contributed by atoms with Crippen LogP contribution in [0.1, 0.15) is 47.2 Å². The molecule has 0 spiro atoms. The molecule has 3 aromatic carbocycles. The van der Waals surface area contributed by atoms with Crippen LogP contribution in [0, 0.1) is 11.8 Å². The summed E-state index contributed by atoms with van der Waals surface area (Å²) < 4.78 is 10.4. The molecule has 2 N–H and O–H groups in total. The predicted molar refractivity (Wildman–Crippen MR) is 176 cm³/mol. The van der Waals surface area contributed by atoms with E-state index in [0.29, 0.717) is 23.1 Å². The maximum absolute atomic E-state index is 13.7. The summed E-state index contributed by atoms with van der Waals surface area (Å²) >= 11 is 0. The molecule has 7 nitrogen and oxygen atoms in total. The Balaban J connectivity index is 1.17. The van der Waals surface area contributed by atoms with E-state index in [9.17, 15) is 4.79 Å². The molecule has 3 atom stereocenters. The first-order chi connectivity index (χ1) is 21.5. The monoisotopic (exact) mass is 585 g/mol. The van der Waals surface area contributed by atoms with Crippen LogP contribution in [0.4, 0.5) is 0 Å². The van der Waals surface area contributed by atoms with Crippen LogP contribution in [0.5, 0.6) is 5.75 Å². The Morgan fingerprint density at radius 2 is 1.89 bits per heavy atom. The number of carbonyl (C=O) groups is 1. The number of nitrogens with zero attached hydrogens (tertiary/aromatic N) is 4. The summed E-state index contributed by atoms with van der Waals surface area (Å²) in [7, 11) is 3.71. The van der Waals surface area contributed by atoms with E-state index in [1.165, 1.54) is 34.9 Å². The van der Waals surface area contributed by atoms with Gasteiger partial charge in [-0.1, -0.05) is 54.6 Å². The smallest absolute Gasteiger partial charge is 0.254 e. The number of carbonyl (C=O) groups excluding carboxylic acids is 1. The number of amides is 1. The summed E-state index contributed by atoms with van der Waals surface area (Å²) in [4.78, 5) is 20.9. The van der Waals surface area contributed by atoms with E-state index >= 15 is 0 Å². The molecule has 1 unspecified atom stereocenters. The van der Waals surface area contributed by atoms with Crippen molar-refractivity contribution in [2.75, 3.05) is 13.7 Å². The molecule has 224 valence electrons. The second-order valence-electron chi connectivity index (χ2n) is 13.0. The number of likely N-dealkylation sites (tertiary alicyclic amines) is 1. The Hall–Kier alpha value is -4.36. The van der Waals surface area contributed by atoms with Crippen LogP contribution in [-0.2, 0) is 20.0 Å². The second kappa shape index (κ2) is 10.7. The van der Waals surface area contributed by atoms with Crippen molar-refractivity contribution < 1.29 is 9.53 Å². The van der Waals surface area contributed by atoms with Crippen molar-refractivity contribution in [2.45, 2.75) is 50.7 Å². The first-order valence-electron chi connectivity index (χ1n) is 15.9. The van der Waals surface area contributed by atoms with Crippen LogP contribution in [0.3, 0.4) is 0 Å². The predicted octanol–water partition coefficient (Wildman–Crippen LogP) is 6.43. The molecule has 1 aliphatic heterocycles. The van der Waals surface area contributed by atoms with E-state index in [-0.39, 0.29) is 18.0 Å². The van der Waals surface area contributed by atoms with Crippen molar-refractivity contribution in [1.29, 1.82) is 0 Å². The molecular formula is C37H39N5O2. The van der Waals surface area contributed by atoms with E-state index in [1.54, 1.807) is 7.11 Å². The molecular weight excluding hydrogens is 546 g/mol. The summed E-state index contributed by atoms with van der Waals surface area (Å²) in [5, 5.41) is 1.20. The van der Waals surface area contributed by atoms with Crippen LogP contribution in [-0.4, -0.2) is 50.7 Å². The fourth-order valence-electron chi connectivity index (χ4n) is 7.53. The van der Waals surface area contributed by atoms with Crippen molar-refractivity contribution in [2.24, 2.45) is 24.6 Å². The lowest BCUT2D eigenvalue weighted by Crippen LogP contribution is -2.41. The molecule has 3 fully saturated rings. The molecule has 44 heavy (non-hydrogen) atoms. The largest absolute Gasteiger partial charge is 0.494 e. The number of ether oxygens (including phenoxy) is 1. The minimum Gasteiger partial charge on any atom is -0.494 e. The lowest BCUT2D eigenvalue weighted by molar-refractivity contribution is 0.0700. The third-order valence-corrected chi connectivity index (χ3v) is 10.1. The molecule has 2 bridgehead atoms. The standard InChI is InChI=1S/C37H39N5O2/c1-40-35-29(18-28(20-33(35)44-2)37(43)42-22-27-15-16-30(42)34(27)38)39-36(40)32-19-26-14-13-24(10-6-9-23-7-4-3-5-8-23)17-31(26)41(32)21-25-11-12-25/h3-8,10,13-14,17-20,25,27,30,34H,9,11-12,15-16,21-22,38H2,1-2H3/b10-6+/t27-,30?,34-/m1/s1. The summed E-state index contributed by atoms with van der Waals surface area (Å²) in [6.07, 6.45) is 9.99. The SMILES string of the molecule is COc1cc(C(=O)N2C[C@H]3CCC2[C@@H]3N)cc2nc(-c3cc4ccc(/C=C/Cc5ccccc5)cc4n3CC3CC3)n(C)c12. The number of allylic oxidation sites excluding steroid dienone is 1. The quantitative estimate of drug-likeness (QED) is 0.228. The second-order valence-corrected chi connectivity index (χ2v) is 13.0. The Morgan fingerprint density at radius 3 is 2.61 bits per heavy atom. The molecule has 1 amide bonds. The van der Waals surface area contributed by atoms with Crippen LogP contribution >= 0.6 is 0 Å². The summed E-state index contributed by atoms with van der Waals surface area (Å²) in [5.74, 6) is 2.66. The normalized spacial score (nSPS) is 21.3. The van der Waals surface area contributed by atoms with Gasteiger partial charge in [0.1, 0.15) is 11.3 Å². The first-order valence-corrected chi connectivity index (χ1v) is 15.9. The number of imidazole rings is 1. The third-order valence-electron chi connectivity index (χ3n) is 10.1. The Morgan fingerprint density at radius 1 is 1.05 bits per heavy atom. The zero-order valence-electron chi connectivity index (χ0n) is 25.4. The maximum Gasteiger partial charge on any atom is 0.254 e. The molecule has 8 rings (SSSR count). The van der Waals surface area contributed by atoms with Crippen LogP contribution < -0.4 is 10.5 Å². The fraction of sp³-hybridized carbons (Fsp3) is 0.351. The molecule has 1 saturated heterocycles. The highest BCUT2D eigenvalue weighted by atomic mass is 16.5. The zero-order chi connectivity index (χ0) is 29.9. The molecule has 2 saturated carbocycles. The topological polar surface area (TPSA) is 78.3 Å². The molecule has 2 aliphatic carbocycles. The summed E-state index contributed by atoms with van der Waals surface area (Å²) in [6.45, 7) is 1.71. The Labute approximate surface area is 257 Å². The van der Waals surface area contributed by atoms with Crippen molar-refractivity contribution >= 4 is 33.9 Å². The zero-order valence-corrected chi connectivity index (χ0v) is 25.4. The van der Waals surface area contributed by atoms with Gasteiger partial charge in [0, 0.05) is 48.7 Å². The minimum atomic E-state index is 0.0238. The van der Waals surface area contributed by atoms with Gasteiger partial charge in [-0.05, 0) is 79.3 Å². The van der Waals surface area contributed by atoms with Gasteiger partial charge in [-0.3, -0.25) is 4.79 Å². The number of aromatic nitrogens is 3. The molecule has 2 aromatic heterocycles. The van der Waals surface area contributed by atoms with E-state index < -0.39 is 0 Å². The number of hydrogen-bond acceptors (Lipinski definition) is 4. The van der Waals surface area contributed by atoms with Gasteiger partial charge >= 0.3 is 0 Å². The number of aryl methyl sites for hydroxylation is 1. The average Bonchev–Trinajstić information content (AvgIpc) is 3.45. The number of hydrogen-bond donors (Lipinski definition) is 1. The highest BCUT2D eigenvalue weighted by molar-refractivity contribution is 6.00. The van der Waals surface area contributed by atoms with Gasteiger partial charge in [0.2, 0.25) is 0 Å². The van der Waals surface area contributed by atoms with Crippen molar-refractivity contribution in [3.63, 3.8) is 0 Å².